The molecule has 1 amide bonds. The summed E-state index contributed by atoms with van der Waals surface area (Å²) < 4.78 is 1.62. The standard InChI is InChI=1S/C15H21Cl2N3O2/c1-18-12(9-10(16)14(18)17)15(22)20-7-5-19(6-8-20)11-3-2-4-13(11)21/h9,11,13,21H,2-8H2,1H3. The van der Waals surface area contributed by atoms with Gasteiger partial charge in [-0.15, -0.1) is 0 Å². The molecule has 2 fully saturated rings. The number of nitrogens with zero attached hydrogens (tertiary/aromatic N) is 3. The van der Waals surface area contributed by atoms with Crippen LogP contribution in [0.15, 0.2) is 6.07 Å². The number of hydrogen-bond donors (Lipinski definition) is 1. The number of aromatic nitrogens is 1. The van der Waals surface area contributed by atoms with Crippen LogP contribution in [0.2, 0.25) is 10.2 Å². The number of amides is 1. The van der Waals surface area contributed by atoms with Gasteiger partial charge in [-0.3, -0.25) is 9.69 Å². The highest BCUT2D eigenvalue weighted by Gasteiger charge is 2.34. The summed E-state index contributed by atoms with van der Waals surface area (Å²) in [6, 6.07) is 1.88. The van der Waals surface area contributed by atoms with Crippen molar-refractivity contribution in [1.82, 2.24) is 14.4 Å². The van der Waals surface area contributed by atoms with Crippen LogP contribution in [0.1, 0.15) is 29.8 Å². The summed E-state index contributed by atoms with van der Waals surface area (Å²) in [6.07, 6.45) is 2.82. The summed E-state index contributed by atoms with van der Waals surface area (Å²) in [7, 11) is 1.74. The molecule has 1 aromatic heterocycles. The SMILES string of the molecule is Cn1c(C(=O)N2CCN(C3CCCC3O)CC2)cc(Cl)c1Cl. The fourth-order valence-electron chi connectivity index (χ4n) is 3.51. The van der Waals surface area contributed by atoms with Crippen molar-refractivity contribution >= 4 is 29.1 Å². The summed E-state index contributed by atoms with van der Waals surface area (Å²) in [5.41, 5.74) is 0.518. The first kappa shape index (κ1) is 16.1. The van der Waals surface area contributed by atoms with Gasteiger partial charge in [0.15, 0.2) is 0 Å². The van der Waals surface area contributed by atoms with Crippen molar-refractivity contribution in [3.05, 3.63) is 21.9 Å². The second-order valence-electron chi connectivity index (χ2n) is 6.12. The highest BCUT2D eigenvalue weighted by Crippen LogP contribution is 2.27. The number of rotatable bonds is 2. The minimum Gasteiger partial charge on any atom is -0.391 e. The molecule has 0 radical (unpaired) electrons. The van der Waals surface area contributed by atoms with Gasteiger partial charge in [0.25, 0.3) is 5.91 Å². The number of hydrogen-bond acceptors (Lipinski definition) is 3. The van der Waals surface area contributed by atoms with E-state index < -0.39 is 0 Å². The van der Waals surface area contributed by atoms with Crippen LogP contribution < -0.4 is 0 Å². The van der Waals surface area contributed by atoms with Gasteiger partial charge in [-0.25, -0.2) is 0 Å². The lowest BCUT2D eigenvalue weighted by molar-refractivity contribution is 0.0311. The maximum absolute atomic E-state index is 12.6. The van der Waals surface area contributed by atoms with Crippen LogP contribution in [0.5, 0.6) is 0 Å². The van der Waals surface area contributed by atoms with Gasteiger partial charge < -0.3 is 14.6 Å². The largest absolute Gasteiger partial charge is 0.391 e. The molecule has 3 rings (SSSR count). The minimum absolute atomic E-state index is 0.0390. The van der Waals surface area contributed by atoms with Crippen LogP contribution in [0.4, 0.5) is 0 Å². The number of aliphatic hydroxyl groups excluding tert-OH is 1. The third-order valence-corrected chi connectivity index (χ3v) is 5.69. The Morgan fingerprint density at radius 1 is 1.23 bits per heavy atom. The predicted molar refractivity (Wildman–Crippen MR) is 86.6 cm³/mol. The molecule has 0 spiro atoms. The lowest BCUT2D eigenvalue weighted by atomic mass is 10.1. The molecule has 122 valence electrons. The number of halogens is 2. The Labute approximate surface area is 140 Å². The van der Waals surface area contributed by atoms with Crippen molar-refractivity contribution in [2.24, 2.45) is 7.05 Å². The molecule has 0 aromatic carbocycles. The Kier molecular flexibility index (Phi) is 4.69. The minimum atomic E-state index is -0.215. The molecule has 1 aliphatic heterocycles. The number of carbonyl (C=O) groups is 1. The topological polar surface area (TPSA) is 48.7 Å². The normalized spacial score (nSPS) is 26.6. The predicted octanol–water partition coefficient (Wildman–Crippen LogP) is 2.00. The Morgan fingerprint density at radius 3 is 2.41 bits per heavy atom. The first-order valence-electron chi connectivity index (χ1n) is 7.71. The van der Waals surface area contributed by atoms with E-state index in [9.17, 15) is 9.90 Å². The van der Waals surface area contributed by atoms with Crippen LogP contribution in [0.25, 0.3) is 0 Å². The van der Waals surface area contributed by atoms with Crippen molar-refractivity contribution in [1.29, 1.82) is 0 Å². The van der Waals surface area contributed by atoms with Crippen LogP contribution in [0.3, 0.4) is 0 Å². The van der Waals surface area contributed by atoms with Crippen molar-refractivity contribution < 1.29 is 9.90 Å². The molecular formula is C15H21Cl2N3O2. The van der Waals surface area contributed by atoms with E-state index in [1.807, 2.05) is 4.90 Å². The molecule has 7 heteroatoms. The summed E-state index contributed by atoms with van der Waals surface area (Å²) in [6.45, 7) is 2.95. The average molecular weight is 346 g/mol. The van der Waals surface area contributed by atoms with Crippen molar-refractivity contribution in [3.8, 4) is 0 Å². The molecule has 5 nitrogen and oxygen atoms in total. The maximum Gasteiger partial charge on any atom is 0.270 e. The molecule has 2 heterocycles. The van der Waals surface area contributed by atoms with Gasteiger partial charge in [0.2, 0.25) is 0 Å². The molecule has 1 saturated carbocycles. The zero-order valence-electron chi connectivity index (χ0n) is 12.6. The molecule has 2 atom stereocenters. The van der Waals surface area contributed by atoms with Gasteiger partial charge in [-0.1, -0.05) is 23.2 Å². The number of piperazine rings is 1. The monoisotopic (exact) mass is 345 g/mol. The third-order valence-electron chi connectivity index (χ3n) is 4.85. The highest BCUT2D eigenvalue weighted by atomic mass is 35.5. The fourth-order valence-corrected chi connectivity index (χ4v) is 3.89. The second kappa shape index (κ2) is 6.40. The lowest BCUT2D eigenvalue weighted by Crippen LogP contribution is -2.53. The van der Waals surface area contributed by atoms with E-state index in [0.29, 0.717) is 29.0 Å². The van der Waals surface area contributed by atoms with Crippen LogP contribution in [-0.4, -0.2) is 63.7 Å². The summed E-state index contributed by atoms with van der Waals surface area (Å²) in [5, 5.41) is 10.8. The first-order valence-corrected chi connectivity index (χ1v) is 8.46. The summed E-state index contributed by atoms with van der Waals surface area (Å²) >= 11 is 12.0. The third kappa shape index (κ3) is 2.87. The first-order chi connectivity index (χ1) is 10.5. The summed E-state index contributed by atoms with van der Waals surface area (Å²) in [4.78, 5) is 16.7. The Hall–Kier alpha value is -0.750. The lowest BCUT2D eigenvalue weighted by Gasteiger charge is -2.39. The zero-order chi connectivity index (χ0) is 15.9. The van der Waals surface area contributed by atoms with E-state index in [4.69, 9.17) is 23.2 Å². The highest BCUT2D eigenvalue weighted by molar-refractivity contribution is 6.41. The van der Waals surface area contributed by atoms with E-state index in [1.165, 1.54) is 0 Å². The van der Waals surface area contributed by atoms with Gasteiger partial charge in [-0.05, 0) is 25.3 Å². The summed E-state index contributed by atoms with van der Waals surface area (Å²) in [5.74, 6) is -0.0390. The van der Waals surface area contributed by atoms with E-state index in [-0.39, 0.29) is 18.1 Å². The smallest absolute Gasteiger partial charge is 0.270 e. The Morgan fingerprint density at radius 2 is 1.91 bits per heavy atom. The average Bonchev–Trinajstić information content (AvgIpc) is 3.06. The number of carbonyl (C=O) groups excluding carboxylic acids is 1. The molecule has 1 aliphatic carbocycles. The second-order valence-corrected chi connectivity index (χ2v) is 6.89. The quantitative estimate of drug-likeness (QED) is 0.891. The molecule has 0 bridgehead atoms. The van der Waals surface area contributed by atoms with E-state index >= 15 is 0 Å². The molecule has 2 unspecified atom stereocenters. The molecule has 1 aromatic rings. The van der Waals surface area contributed by atoms with Gasteiger partial charge in [0, 0.05) is 39.3 Å². The fraction of sp³-hybridized carbons (Fsp3) is 0.667. The van der Waals surface area contributed by atoms with Gasteiger partial charge >= 0.3 is 0 Å². The molecule has 22 heavy (non-hydrogen) atoms. The van der Waals surface area contributed by atoms with Crippen molar-refractivity contribution in [2.75, 3.05) is 26.2 Å². The van der Waals surface area contributed by atoms with Crippen molar-refractivity contribution in [2.45, 2.75) is 31.4 Å². The van der Waals surface area contributed by atoms with E-state index in [2.05, 4.69) is 4.90 Å². The Bertz CT molecular complexity index is 567. The molecular weight excluding hydrogens is 325 g/mol. The van der Waals surface area contributed by atoms with Gasteiger partial charge in [0.1, 0.15) is 10.8 Å². The Balaban J connectivity index is 1.63. The molecule has 1 N–H and O–H groups in total. The molecule has 2 aliphatic rings. The maximum atomic E-state index is 12.6. The van der Waals surface area contributed by atoms with Gasteiger partial charge in [-0.2, -0.15) is 0 Å². The van der Waals surface area contributed by atoms with Gasteiger partial charge in [0.05, 0.1) is 11.1 Å². The molecule has 1 saturated heterocycles. The number of aliphatic hydroxyl groups is 1. The van der Waals surface area contributed by atoms with Crippen molar-refractivity contribution in [3.63, 3.8) is 0 Å². The zero-order valence-corrected chi connectivity index (χ0v) is 14.1. The van der Waals surface area contributed by atoms with E-state index in [1.54, 1.807) is 17.7 Å². The van der Waals surface area contributed by atoms with Crippen LogP contribution >= 0.6 is 23.2 Å². The van der Waals surface area contributed by atoms with Crippen LogP contribution in [-0.2, 0) is 7.05 Å². The van der Waals surface area contributed by atoms with E-state index in [0.717, 1.165) is 32.4 Å². The van der Waals surface area contributed by atoms with Crippen LogP contribution in [0, 0.1) is 0 Å².